The van der Waals surface area contributed by atoms with Gasteiger partial charge in [-0.1, -0.05) is 30.3 Å². The Balaban J connectivity index is 1.77. The monoisotopic (exact) mass is 311 g/mol. The van der Waals surface area contributed by atoms with Gasteiger partial charge in [0.05, 0.1) is 12.2 Å². The van der Waals surface area contributed by atoms with E-state index in [1.807, 2.05) is 18.2 Å². The second kappa shape index (κ2) is 8.73. The number of aryl methyl sites for hydroxylation is 1. The summed E-state index contributed by atoms with van der Waals surface area (Å²) in [6.07, 6.45) is 2.15. The smallest absolute Gasteiger partial charge is 0.338 e. The molecule has 0 fully saturated rings. The second-order valence-electron chi connectivity index (χ2n) is 5.19. The van der Waals surface area contributed by atoms with Crippen LogP contribution in [-0.4, -0.2) is 18.5 Å². The van der Waals surface area contributed by atoms with Crippen LogP contribution in [0.1, 0.15) is 35.7 Å². The number of hydrogen-bond acceptors (Lipinski definition) is 3. The number of esters is 1. The van der Waals surface area contributed by atoms with Crippen LogP contribution in [0.2, 0.25) is 0 Å². The maximum atomic E-state index is 11.9. The van der Waals surface area contributed by atoms with E-state index in [2.05, 4.69) is 17.4 Å². The van der Waals surface area contributed by atoms with Crippen molar-refractivity contribution in [1.82, 2.24) is 0 Å². The van der Waals surface area contributed by atoms with Crippen LogP contribution in [0.15, 0.2) is 54.6 Å². The maximum absolute atomic E-state index is 11.9. The van der Waals surface area contributed by atoms with Gasteiger partial charge >= 0.3 is 5.97 Å². The Morgan fingerprint density at radius 1 is 1.00 bits per heavy atom. The summed E-state index contributed by atoms with van der Waals surface area (Å²) in [5.41, 5.74) is 2.40. The third-order valence-corrected chi connectivity index (χ3v) is 3.39. The highest BCUT2D eigenvalue weighted by Gasteiger charge is 2.07. The standard InChI is InChI=1S/C19H21NO3/c1-2-23-19(22)16-11-13-17(14-12-16)20-18(21)10-6-9-15-7-4-3-5-8-15/h3-5,7-8,11-14H,2,6,9-10H2,1H3,(H,20,21). The normalized spacial score (nSPS) is 10.1. The number of carbonyl (C=O) groups is 2. The maximum Gasteiger partial charge on any atom is 0.338 e. The quantitative estimate of drug-likeness (QED) is 0.791. The van der Waals surface area contributed by atoms with Crippen molar-refractivity contribution in [2.45, 2.75) is 26.2 Å². The summed E-state index contributed by atoms with van der Waals surface area (Å²) in [4.78, 5) is 23.5. The summed E-state index contributed by atoms with van der Waals surface area (Å²) >= 11 is 0. The molecule has 0 spiro atoms. The van der Waals surface area contributed by atoms with Gasteiger partial charge < -0.3 is 10.1 Å². The number of amides is 1. The molecule has 0 aromatic heterocycles. The first-order valence-corrected chi connectivity index (χ1v) is 7.80. The first-order chi connectivity index (χ1) is 11.2. The Labute approximate surface area is 136 Å². The van der Waals surface area contributed by atoms with Crippen LogP contribution in [0.4, 0.5) is 5.69 Å². The predicted octanol–water partition coefficient (Wildman–Crippen LogP) is 3.82. The highest BCUT2D eigenvalue weighted by atomic mass is 16.5. The van der Waals surface area contributed by atoms with E-state index < -0.39 is 0 Å². The molecule has 2 aromatic rings. The molecule has 2 rings (SSSR count). The van der Waals surface area contributed by atoms with Gasteiger partial charge in [-0.15, -0.1) is 0 Å². The van der Waals surface area contributed by atoms with Crippen LogP contribution in [0.5, 0.6) is 0 Å². The Bertz CT molecular complexity index is 635. The van der Waals surface area contributed by atoms with Gasteiger partial charge in [0, 0.05) is 12.1 Å². The molecule has 0 atom stereocenters. The average Bonchev–Trinajstić information content (AvgIpc) is 2.57. The van der Waals surface area contributed by atoms with Gasteiger partial charge in [-0.3, -0.25) is 4.79 Å². The number of anilines is 1. The fraction of sp³-hybridized carbons (Fsp3) is 0.263. The molecule has 0 aliphatic heterocycles. The van der Waals surface area contributed by atoms with Crippen LogP contribution in [0.25, 0.3) is 0 Å². The highest BCUT2D eigenvalue weighted by molar-refractivity contribution is 5.93. The van der Waals surface area contributed by atoms with Crippen molar-refractivity contribution in [3.8, 4) is 0 Å². The van der Waals surface area contributed by atoms with E-state index in [0.29, 0.717) is 24.3 Å². The first-order valence-electron chi connectivity index (χ1n) is 7.80. The van der Waals surface area contributed by atoms with Crippen molar-refractivity contribution in [3.05, 3.63) is 65.7 Å². The molecule has 0 saturated heterocycles. The van der Waals surface area contributed by atoms with Gasteiger partial charge in [-0.2, -0.15) is 0 Å². The van der Waals surface area contributed by atoms with Gasteiger partial charge in [-0.25, -0.2) is 4.79 Å². The number of hydrogen-bond donors (Lipinski definition) is 1. The van der Waals surface area contributed by atoms with E-state index in [0.717, 1.165) is 12.8 Å². The molecule has 0 bridgehead atoms. The molecule has 0 aliphatic carbocycles. The summed E-state index contributed by atoms with van der Waals surface area (Å²) in [5.74, 6) is -0.377. The molecule has 0 aliphatic rings. The van der Waals surface area contributed by atoms with Gasteiger partial charge in [0.1, 0.15) is 0 Å². The third kappa shape index (κ3) is 5.58. The second-order valence-corrected chi connectivity index (χ2v) is 5.19. The van der Waals surface area contributed by atoms with Gasteiger partial charge in [0.15, 0.2) is 0 Å². The predicted molar refractivity (Wildman–Crippen MR) is 90.4 cm³/mol. The Kier molecular flexibility index (Phi) is 6.36. The number of rotatable bonds is 7. The molecular formula is C19H21NO3. The minimum Gasteiger partial charge on any atom is -0.462 e. The molecule has 0 saturated carbocycles. The van der Waals surface area contributed by atoms with Crippen LogP contribution in [0.3, 0.4) is 0 Å². The highest BCUT2D eigenvalue weighted by Crippen LogP contribution is 2.12. The number of carbonyl (C=O) groups excluding carboxylic acids is 2. The molecule has 0 radical (unpaired) electrons. The minimum absolute atomic E-state index is 0.0233. The zero-order valence-corrected chi connectivity index (χ0v) is 13.2. The van der Waals surface area contributed by atoms with E-state index in [-0.39, 0.29) is 11.9 Å². The van der Waals surface area contributed by atoms with Crippen molar-refractivity contribution in [3.63, 3.8) is 0 Å². The third-order valence-electron chi connectivity index (χ3n) is 3.39. The summed E-state index contributed by atoms with van der Waals surface area (Å²) in [6, 6.07) is 16.8. The average molecular weight is 311 g/mol. The number of nitrogens with one attached hydrogen (secondary N) is 1. The molecular weight excluding hydrogens is 290 g/mol. The summed E-state index contributed by atoms with van der Waals surface area (Å²) in [5, 5.41) is 2.84. The Morgan fingerprint density at radius 3 is 2.35 bits per heavy atom. The lowest BCUT2D eigenvalue weighted by atomic mass is 10.1. The van der Waals surface area contributed by atoms with Crippen molar-refractivity contribution in [1.29, 1.82) is 0 Å². The van der Waals surface area contributed by atoms with E-state index in [4.69, 9.17) is 4.74 Å². The molecule has 0 unspecified atom stereocenters. The first kappa shape index (κ1) is 16.7. The zero-order valence-electron chi connectivity index (χ0n) is 13.2. The summed E-state index contributed by atoms with van der Waals surface area (Å²) < 4.78 is 4.92. The van der Waals surface area contributed by atoms with E-state index in [9.17, 15) is 9.59 Å². The van der Waals surface area contributed by atoms with E-state index >= 15 is 0 Å². The largest absolute Gasteiger partial charge is 0.462 e. The van der Waals surface area contributed by atoms with Crippen molar-refractivity contribution in [2.24, 2.45) is 0 Å². The SMILES string of the molecule is CCOC(=O)c1ccc(NC(=O)CCCc2ccccc2)cc1. The number of ether oxygens (including phenoxy) is 1. The van der Waals surface area contributed by atoms with Crippen molar-refractivity contribution >= 4 is 17.6 Å². The molecule has 120 valence electrons. The van der Waals surface area contributed by atoms with Crippen LogP contribution in [0, 0.1) is 0 Å². The molecule has 2 aromatic carbocycles. The van der Waals surface area contributed by atoms with Crippen molar-refractivity contribution in [2.75, 3.05) is 11.9 Å². The van der Waals surface area contributed by atoms with Crippen LogP contribution >= 0.6 is 0 Å². The Morgan fingerprint density at radius 2 is 1.70 bits per heavy atom. The van der Waals surface area contributed by atoms with E-state index in [1.54, 1.807) is 31.2 Å². The lowest BCUT2D eigenvalue weighted by molar-refractivity contribution is -0.116. The van der Waals surface area contributed by atoms with Gasteiger partial charge in [-0.05, 0) is 49.6 Å². The Hall–Kier alpha value is -2.62. The molecule has 0 heterocycles. The minimum atomic E-state index is -0.353. The fourth-order valence-corrected chi connectivity index (χ4v) is 2.23. The van der Waals surface area contributed by atoms with Gasteiger partial charge in [0.2, 0.25) is 5.91 Å². The topological polar surface area (TPSA) is 55.4 Å². The summed E-state index contributed by atoms with van der Waals surface area (Å²) in [6.45, 7) is 2.11. The zero-order chi connectivity index (χ0) is 16.5. The van der Waals surface area contributed by atoms with Crippen LogP contribution < -0.4 is 5.32 Å². The molecule has 1 amide bonds. The lowest BCUT2D eigenvalue weighted by Crippen LogP contribution is -2.12. The number of benzene rings is 2. The molecule has 23 heavy (non-hydrogen) atoms. The lowest BCUT2D eigenvalue weighted by Gasteiger charge is -2.07. The molecule has 1 N–H and O–H groups in total. The van der Waals surface area contributed by atoms with Gasteiger partial charge in [0.25, 0.3) is 0 Å². The molecule has 4 nitrogen and oxygen atoms in total. The summed E-state index contributed by atoms with van der Waals surface area (Å²) in [7, 11) is 0. The van der Waals surface area contributed by atoms with Crippen LogP contribution in [-0.2, 0) is 16.0 Å². The van der Waals surface area contributed by atoms with Crippen molar-refractivity contribution < 1.29 is 14.3 Å². The molecule has 4 heteroatoms. The fourth-order valence-electron chi connectivity index (χ4n) is 2.23. The van der Waals surface area contributed by atoms with E-state index in [1.165, 1.54) is 5.56 Å².